The zero-order valence-electron chi connectivity index (χ0n) is 11.3. The van der Waals surface area contributed by atoms with E-state index < -0.39 is 0 Å². The van der Waals surface area contributed by atoms with Crippen molar-refractivity contribution in [3.05, 3.63) is 42.6 Å². The zero-order chi connectivity index (χ0) is 13.4. The topological polar surface area (TPSA) is 34.0 Å². The number of imidazole rings is 1. The third kappa shape index (κ3) is 1.95. The fourth-order valence-electron chi connectivity index (χ4n) is 2.19. The van der Waals surface area contributed by atoms with Crippen molar-refractivity contribution in [3.63, 3.8) is 0 Å². The van der Waals surface area contributed by atoms with E-state index in [-0.39, 0.29) is 0 Å². The van der Waals surface area contributed by atoms with Gasteiger partial charge in [0.15, 0.2) is 5.65 Å². The molecule has 0 unspecified atom stereocenters. The summed E-state index contributed by atoms with van der Waals surface area (Å²) < 4.78 is 2.08. The molecule has 0 aliphatic rings. The van der Waals surface area contributed by atoms with Crippen molar-refractivity contribution in [2.75, 3.05) is 19.0 Å². The number of anilines is 1. The molecule has 2 heterocycles. The predicted molar refractivity (Wildman–Crippen MR) is 78.3 cm³/mol. The summed E-state index contributed by atoms with van der Waals surface area (Å²) in [6.07, 6.45) is 1.77. The molecule has 3 aromatic rings. The maximum atomic E-state index is 4.60. The van der Waals surface area contributed by atoms with Crippen LogP contribution in [-0.4, -0.2) is 28.6 Å². The molecular weight excluding hydrogens is 236 g/mol. The molecule has 2 aromatic heterocycles. The van der Waals surface area contributed by atoms with E-state index >= 15 is 0 Å². The van der Waals surface area contributed by atoms with Gasteiger partial charge >= 0.3 is 0 Å². The van der Waals surface area contributed by atoms with Gasteiger partial charge in [-0.3, -0.25) is 0 Å². The molecule has 0 bridgehead atoms. The molecule has 0 N–H and O–H groups in total. The molecule has 0 spiro atoms. The summed E-state index contributed by atoms with van der Waals surface area (Å²) in [5, 5.41) is 0. The molecule has 4 nitrogen and oxygen atoms in total. The Morgan fingerprint density at radius 3 is 2.42 bits per heavy atom. The van der Waals surface area contributed by atoms with Crippen molar-refractivity contribution < 1.29 is 0 Å². The number of pyridine rings is 1. The molecule has 0 aliphatic carbocycles. The van der Waals surface area contributed by atoms with Crippen LogP contribution in [0.2, 0.25) is 0 Å². The maximum absolute atomic E-state index is 4.60. The highest BCUT2D eigenvalue weighted by Gasteiger charge is 2.10. The Morgan fingerprint density at radius 2 is 1.79 bits per heavy atom. The van der Waals surface area contributed by atoms with E-state index in [0.29, 0.717) is 0 Å². The SMILES string of the molecule is CN(C)c1ccc(-c2nc3ncccc3n2C)cc1. The summed E-state index contributed by atoms with van der Waals surface area (Å²) in [4.78, 5) is 11.0. The Balaban J connectivity index is 2.11. The van der Waals surface area contributed by atoms with Gasteiger partial charge in [-0.15, -0.1) is 0 Å². The van der Waals surface area contributed by atoms with Crippen molar-refractivity contribution in [2.45, 2.75) is 0 Å². The molecular formula is C15H16N4. The monoisotopic (exact) mass is 252 g/mol. The number of fused-ring (bicyclic) bond motifs is 1. The lowest BCUT2D eigenvalue weighted by Gasteiger charge is -2.12. The van der Waals surface area contributed by atoms with Crippen LogP contribution in [0.1, 0.15) is 0 Å². The van der Waals surface area contributed by atoms with Crippen LogP contribution >= 0.6 is 0 Å². The lowest BCUT2D eigenvalue weighted by Crippen LogP contribution is -2.08. The first kappa shape index (κ1) is 11.7. The van der Waals surface area contributed by atoms with E-state index in [0.717, 1.165) is 22.6 Å². The first-order valence-electron chi connectivity index (χ1n) is 6.22. The molecule has 4 heteroatoms. The molecule has 19 heavy (non-hydrogen) atoms. The van der Waals surface area contributed by atoms with Gasteiger partial charge < -0.3 is 9.47 Å². The highest BCUT2D eigenvalue weighted by molar-refractivity contribution is 5.77. The van der Waals surface area contributed by atoms with Crippen LogP contribution in [0.4, 0.5) is 5.69 Å². The molecule has 0 radical (unpaired) electrons. The fourth-order valence-corrected chi connectivity index (χ4v) is 2.19. The summed E-state index contributed by atoms with van der Waals surface area (Å²) in [5.74, 6) is 0.944. The van der Waals surface area contributed by atoms with Crippen LogP contribution in [0, 0.1) is 0 Å². The summed E-state index contributed by atoms with van der Waals surface area (Å²) in [6.45, 7) is 0. The minimum atomic E-state index is 0.789. The van der Waals surface area contributed by atoms with Gasteiger partial charge in [0.2, 0.25) is 0 Å². The van der Waals surface area contributed by atoms with E-state index in [1.54, 1.807) is 6.20 Å². The maximum Gasteiger partial charge on any atom is 0.178 e. The Morgan fingerprint density at radius 1 is 1.05 bits per heavy atom. The van der Waals surface area contributed by atoms with Crippen molar-refractivity contribution in [3.8, 4) is 11.4 Å². The van der Waals surface area contributed by atoms with Gasteiger partial charge in [-0.25, -0.2) is 9.97 Å². The van der Waals surface area contributed by atoms with Gasteiger partial charge in [0, 0.05) is 38.6 Å². The van der Waals surface area contributed by atoms with Crippen LogP contribution in [0.15, 0.2) is 42.6 Å². The fraction of sp³-hybridized carbons (Fsp3) is 0.200. The second-order valence-corrected chi connectivity index (χ2v) is 4.78. The van der Waals surface area contributed by atoms with Crippen LogP contribution in [-0.2, 0) is 7.05 Å². The Bertz CT molecular complexity index is 711. The average molecular weight is 252 g/mol. The molecule has 0 saturated carbocycles. The van der Waals surface area contributed by atoms with Gasteiger partial charge in [-0.05, 0) is 36.4 Å². The third-order valence-electron chi connectivity index (χ3n) is 3.30. The zero-order valence-corrected chi connectivity index (χ0v) is 11.3. The van der Waals surface area contributed by atoms with E-state index in [9.17, 15) is 0 Å². The van der Waals surface area contributed by atoms with Gasteiger partial charge in [-0.2, -0.15) is 0 Å². The van der Waals surface area contributed by atoms with Crippen molar-refractivity contribution in [2.24, 2.45) is 7.05 Å². The first-order chi connectivity index (χ1) is 9.16. The minimum absolute atomic E-state index is 0.789. The number of aromatic nitrogens is 3. The molecule has 0 aliphatic heterocycles. The number of hydrogen-bond donors (Lipinski definition) is 0. The number of rotatable bonds is 2. The standard InChI is InChI=1S/C15H16N4/c1-18(2)12-8-6-11(7-9-12)15-17-14-13(19(15)3)5-4-10-16-14/h4-10H,1-3H3. The number of nitrogens with zero attached hydrogens (tertiary/aromatic N) is 4. The van der Waals surface area contributed by atoms with Crippen molar-refractivity contribution in [1.29, 1.82) is 0 Å². The predicted octanol–water partition coefficient (Wildman–Crippen LogP) is 2.70. The number of hydrogen-bond acceptors (Lipinski definition) is 3. The van der Waals surface area contributed by atoms with Gasteiger partial charge in [0.05, 0.1) is 5.52 Å². The van der Waals surface area contributed by atoms with E-state index in [1.807, 2.05) is 33.3 Å². The second-order valence-electron chi connectivity index (χ2n) is 4.78. The summed E-state index contributed by atoms with van der Waals surface area (Å²) in [6, 6.07) is 12.4. The normalized spacial score (nSPS) is 10.9. The molecule has 96 valence electrons. The highest BCUT2D eigenvalue weighted by Crippen LogP contribution is 2.24. The first-order valence-corrected chi connectivity index (χ1v) is 6.22. The Labute approximate surface area is 112 Å². The minimum Gasteiger partial charge on any atom is -0.378 e. The largest absolute Gasteiger partial charge is 0.378 e. The van der Waals surface area contributed by atoms with Gasteiger partial charge in [-0.1, -0.05) is 0 Å². The Hall–Kier alpha value is -2.36. The number of aryl methyl sites for hydroxylation is 1. The van der Waals surface area contributed by atoms with E-state index in [4.69, 9.17) is 0 Å². The van der Waals surface area contributed by atoms with Crippen molar-refractivity contribution in [1.82, 2.24) is 14.5 Å². The smallest absolute Gasteiger partial charge is 0.178 e. The van der Waals surface area contributed by atoms with Gasteiger partial charge in [0.1, 0.15) is 5.82 Å². The number of benzene rings is 1. The summed E-state index contributed by atoms with van der Waals surface area (Å²) >= 11 is 0. The molecule has 0 saturated heterocycles. The van der Waals surface area contributed by atoms with Crippen molar-refractivity contribution >= 4 is 16.9 Å². The summed E-state index contributed by atoms with van der Waals surface area (Å²) in [7, 11) is 6.09. The molecule has 0 atom stereocenters. The molecule has 1 aromatic carbocycles. The summed E-state index contributed by atoms with van der Waals surface area (Å²) in [5.41, 5.74) is 4.12. The average Bonchev–Trinajstić information content (AvgIpc) is 2.77. The van der Waals surface area contributed by atoms with Gasteiger partial charge in [0.25, 0.3) is 0 Å². The third-order valence-corrected chi connectivity index (χ3v) is 3.30. The lowest BCUT2D eigenvalue weighted by atomic mass is 10.2. The highest BCUT2D eigenvalue weighted by atomic mass is 15.1. The lowest BCUT2D eigenvalue weighted by molar-refractivity contribution is 0.959. The van der Waals surface area contributed by atoms with Crippen LogP contribution < -0.4 is 4.90 Å². The van der Waals surface area contributed by atoms with Crippen LogP contribution in [0.5, 0.6) is 0 Å². The van der Waals surface area contributed by atoms with Crippen LogP contribution in [0.3, 0.4) is 0 Å². The second kappa shape index (κ2) is 4.39. The quantitative estimate of drug-likeness (QED) is 0.703. The molecule has 3 rings (SSSR count). The Kier molecular flexibility index (Phi) is 2.71. The molecule has 0 fully saturated rings. The van der Waals surface area contributed by atoms with E-state index in [1.165, 1.54) is 5.69 Å². The van der Waals surface area contributed by atoms with Crippen LogP contribution in [0.25, 0.3) is 22.6 Å². The molecule has 0 amide bonds. The van der Waals surface area contributed by atoms with E-state index in [2.05, 4.69) is 43.7 Å².